The van der Waals surface area contributed by atoms with Crippen molar-refractivity contribution in [2.45, 2.75) is 45.6 Å². The molecule has 0 aromatic rings. The Morgan fingerprint density at radius 2 is 1.83 bits per heavy atom. The van der Waals surface area contributed by atoms with Crippen LogP contribution in [-0.4, -0.2) is 55.6 Å². The molecule has 1 saturated heterocycles. The molecule has 0 aliphatic carbocycles. The molecule has 0 radical (unpaired) electrons. The van der Waals surface area contributed by atoms with Crippen molar-refractivity contribution < 1.29 is 0 Å². The predicted molar refractivity (Wildman–Crippen MR) is 79.8 cm³/mol. The van der Waals surface area contributed by atoms with Crippen LogP contribution in [0, 0.1) is 11.8 Å². The molecule has 0 spiro atoms. The van der Waals surface area contributed by atoms with E-state index in [4.69, 9.17) is 5.73 Å². The van der Waals surface area contributed by atoms with Gasteiger partial charge in [-0.2, -0.15) is 0 Å². The lowest BCUT2D eigenvalue weighted by Gasteiger charge is -2.45. The predicted octanol–water partition coefficient (Wildman–Crippen LogP) is 2.02. The second-order valence-electron chi connectivity index (χ2n) is 6.99. The molecule has 18 heavy (non-hydrogen) atoms. The van der Waals surface area contributed by atoms with E-state index in [1.165, 1.54) is 38.9 Å². The molecule has 3 nitrogen and oxygen atoms in total. The van der Waals surface area contributed by atoms with Gasteiger partial charge < -0.3 is 10.6 Å². The normalized spacial score (nSPS) is 22.7. The van der Waals surface area contributed by atoms with E-state index in [0.717, 1.165) is 18.4 Å². The lowest BCUT2D eigenvalue weighted by Crippen LogP contribution is -2.55. The van der Waals surface area contributed by atoms with Crippen LogP contribution in [0.1, 0.15) is 40.0 Å². The highest BCUT2D eigenvalue weighted by molar-refractivity contribution is 4.91. The second kappa shape index (κ2) is 6.88. The van der Waals surface area contributed by atoms with Gasteiger partial charge >= 0.3 is 0 Å². The van der Waals surface area contributed by atoms with Crippen molar-refractivity contribution in [2.24, 2.45) is 17.6 Å². The molecular formula is C15H33N3. The minimum absolute atomic E-state index is 0.206. The molecular weight excluding hydrogens is 222 g/mol. The van der Waals surface area contributed by atoms with E-state index in [2.05, 4.69) is 44.7 Å². The molecule has 0 aromatic carbocycles. The summed E-state index contributed by atoms with van der Waals surface area (Å²) in [6.45, 7) is 11.4. The fourth-order valence-corrected chi connectivity index (χ4v) is 3.39. The molecule has 1 aliphatic heterocycles. The maximum atomic E-state index is 6.05. The van der Waals surface area contributed by atoms with Crippen molar-refractivity contribution in [3.8, 4) is 0 Å². The van der Waals surface area contributed by atoms with Gasteiger partial charge in [-0.25, -0.2) is 0 Å². The molecule has 0 bridgehead atoms. The zero-order valence-corrected chi connectivity index (χ0v) is 13.1. The number of piperidine rings is 1. The number of rotatable bonds is 6. The first-order valence-corrected chi connectivity index (χ1v) is 7.47. The number of likely N-dealkylation sites (tertiary alicyclic amines) is 1. The minimum atomic E-state index is 0.206. The Labute approximate surface area is 114 Å². The van der Waals surface area contributed by atoms with E-state index in [9.17, 15) is 0 Å². The standard InChI is InChI=1S/C15H33N3/c1-13(2)10-15(3,12-16)18-8-6-14(7-9-18)11-17(4)5/h13-14H,6-12,16H2,1-5H3. The summed E-state index contributed by atoms with van der Waals surface area (Å²) in [4.78, 5) is 4.95. The van der Waals surface area contributed by atoms with Gasteiger partial charge in [-0.1, -0.05) is 13.8 Å². The fourth-order valence-electron chi connectivity index (χ4n) is 3.39. The maximum Gasteiger partial charge on any atom is 0.0306 e. The second-order valence-corrected chi connectivity index (χ2v) is 6.99. The van der Waals surface area contributed by atoms with Gasteiger partial charge in [0.05, 0.1) is 0 Å². The van der Waals surface area contributed by atoms with Crippen molar-refractivity contribution >= 4 is 0 Å². The minimum Gasteiger partial charge on any atom is -0.329 e. The van der Waals surface area contributed by atoms with Gasteiger partial charge in [0.25, 0.3) is 0 Å². The summed E-state index contributed by atoms with van der Waals surface area (Å²) in [5.74, 6) is 1.59. The van der Waals surface area contributed by atoms with Gasteiger partial charge in [-0.3, -0.25) is 4.90 Å². The van der Waals surface area contributed by atoms with Gasteiger partial charge in [0.2, 0.25) is 0 Å². The number of nitrogens with two attached hydrogens (primary N) is 1. The first-order chi connectivity index (χ1) is 8.37. The third-order valence-corrected chi connectivity index (χ3v) is 4.29. The summed E-state index contributed by atoms with van der Waals surface area (Å²) in [5.41, 5.74) is 6.26. The largest absolute Gasteiger partial charge is 0.329 e. The molecule has 0 aromatic heterocycles. The SMILES string of the molecule is CC(C)CC(C)(CN)N1CCC(CN(C)C)CC1. The van der Waals surface area contributed by atoms with Gasteiger partial charge in [0.15, 0.2) is 0 Å². The summed E-state index contributed by atoms with van der Waals surface area (Å²) in [6, 6.07) is 0. The molecule has 1 unspecified atom stereocenters. The Balaban J connectivity index is 2.49. The summed E-state index contributed by atoms with van der Waals surface area (Å²) in [6.07, 6.45) is 3.86. The van der Waals surface area contributed by atoms with Crippen LogP contribution < -0.4 is 5.73 Å². The van der Waals surface area contributed by atoms with E-state index >= 15 is 0 Å². The van der Waals surface area contributed by atoms with Crippen LogP contribution in [0.3, 0.4) is 0 Å². The highest BCUT2D eigenvalue weighted by Gasteiger charge is 2.33. The molecule has 108 valence electrons. The van der Waals surface area contributed by atoms with Crippen LogP contribution in [0.25, 0.3) is 0 Å². The molecule has 2 N–H and O–H groups in total. The van der Waals surface area contributed by atoms with Crippen molar-refractivity contribution in [3.63, 3.8) is 0 Å². The molecule has 1 rings (SSSR count). The smallest absolute Gasteiger partial charge is 0.0306 e. The summed E-state index contributed by atoms with van der Waals surface area (Å²) >= 11 is 0. The van der Waals surface area contributed by atoms with Crippen LogP contribution in [0.2, 0.25) is 0 Å². The quantitative estimate of drug-likeness (QED) is 0.788. The Hall–Kier alpha value is -0.120. The average Bonchev–Trinajstić information content (AvgIpc) is 2.28. The summed E-state index contributed by atoms with van der Waals surface area (Å²) in [5, 5.41) is 0. The van der Waals surface area contributed by atoms with Crippen LogP contribution >= 0.6 is 0 Å². The summed E-state index contributed by atoms with van der Waals surface area (Å²) < 4.78 is 0. The van der Waals surface area contributed by atoms with Crippen LogP contribution in [0.5, 0.6) is 0 Å². The highest BCUT2D eigenvalue weighted by atomic mass is 15.2. The first-order valence-electron chi connectivity index (χ1n) is 7.47. The molecule has 3 heteroatoms. The van der Waals surface area contributed by atoms with E-state index in [-0.39, 0.29) is 5.54 Å². The Morgan fingerprint density at radius 1 is 1.28 bits per heavy atom. The van der Waals surface area contributed by atoms with Crippen molar-refractivity contribution in [1.29, 1.82) is 0 Å². The van der Waals surface area contributed by atoms with E-state index in [1.807, 2.05) is 0 Å². The van der Waals surface area contributed by atoms with Gasteiger partial charge in [0.1, 0.15) is 0 Å². The monoisotopic (exact) mass is 255 g/mol. The Bertz CT molecular complexity index is 232. The van der Waals surface area contributed by atoms with Crippen LogP contribution in [0.4, 0.5) is 0 Å². The first kappa shape index (κ1) is 15.9. The van der Waals surface area contributed by atoms with Gasteiger partial charge in [0, 0.05) is 18.6 Å². The van der Waals surface area contributed by atoms with Crippen molar-refractivity contribution in [1.82, 2.24) is 9.80 Å². The number of hydrogen-bond acceptors (Lipinski definition) is 3. The van der Waals surface area contributed by atoms with Crippen LogP contribution in [-0.2, 0) is 0 Å². The molecule has 1 aliphatic rings. The third kappa shape index (κ3) is 4.52. The average molecular weight is 255 g/mol. The molecule has 1 fully saturated rings. The number of hydrogen-bond donors (Lipinski definition) is 1. The van der Waals surface area contributed by atoms with E-state index in [0.29, 0.717) is 0 Å². The molecule has 0 amide bonds. The Morgan fingerprint density at radius 3 is 2.22 bits per heavy atom. The topological polar surface area (TPSA) is 32.5 Å². The third-order valence-electron chi connectivity index (χ3n) is 4.29. The van der Waals surface area contributed by atoms with E-state index < -0.39 is 0 Å². The van der Waals surface area contributed by atoms with Crippen molar-refractivity contribution in [2.75, 3.05) is 40.3 Å². The summed E-state index contributed by atoms with van der Waals surface area (Å²) in [7, 11) is 4.35. The van der Waals surface area contributed by atoms with Crippen molar-refractivity contribution in [3.05, 3.63) is 0 Å². The Kier molecular flexibility index (Phi) is 6.09. The molecule has 1 atom stereocenters. The van der Waals surface area contributed by atoms with Gasteiger partial charge in [-0.15, -0.1) is 0 Å². The molecule has 1 heterocycles. The molecule has 0 saturated carbocycles. The zero-order chi connectivity index (χ0) is 13.8. The van der Waals surface area contributed by atoms with Gasteiger partial charge in [-0.05, 0) is 65.2 Å². The number of nitrogens with zero attached hydrogens (tertiary/aromatic N) is 2. The maximum absolute atomic E-state index is 6.05. The van der Waals surface area contributed by atoms with E-state index in [1.54, 1.807) is 0 Å². The fraction of sp³-hybridized carbons (Fsp3) is 1.00. The zero-order valence-electron chi connectivity index (χ0n) is 13.1. The highest BCUT2D eigenvalue weighted by Crippen LogP contribution is 2.28. The van der Waals surface area contributed by atoms with Crippen LogP contribution in [0.15, 0.2) is 0 Å². The lowest BCUT2D eigenvalue weighted by atomic mass is 9.85. The lowest BCUT2D eigenvalue weighted by molar-refractivity contribution is 0.0474.